The van der Waals surface area contributed by atoms with Gasteiger partial charge >= 0.3 is 0 Å². The lowest BCUT2D eigenvalue weighted by atomic mass is 9.87. The number of benzene rings is 3. The van der Waals surface area contributed by atoms with E-state index in [9.17, 15) is 9.59 Å². The van der Waals surface area contributed by atoms with Crippen LogP contribution in [0, 0.1) is 0 Å². The van der Waals surface area contributed by atoms with E-state index in [1.807, 2.05) is 36.4 Å². The van der Waals surface area contributed by atoms with E-state index in [-0.39, 0.29) is 17.1 Å². The van der Waals surface area contributed by atoms with E-state index < -0.39 is 0 Å². The number of amides is 1. The molecule has 0 aliphatic heterocycles. The highest BCUT2D eigenvalue weighted by Crippen LogP contribution is 2.22. The maximum atomic E-state index is 12.6. The highest BCUT2D eigenvalue weighted by molar-refractivity contribution is 6.08. The van der Waals surface area contributed by atoms with Crippen LogP contribution in [0.15, 0.2) is 84.9 Å². The molecule has 1 amide bonds. The summed E-state index contributed by atoms with van der Waals surface area (Å²) in [6, 6.07) is 24.2. The molecule has 0 saturated heterocycles. The number of carbonyl (C=O) groups excluding carboxylic acids is 2. The topological polar surface area (TPSA) is 46.2 Å². The normalized spacial score (nSPS) is 11.4. The largest absolute Gasteiger partial charge is 0.322 e. The van der Waals surface area contributed by atoms with Gasteiger partial charge in [-0.15, -0.1) is 0 Å². The van der Waals surface area contributed by atoms with Gasteiger partial charge in [-0.05, 0) is 46.9 Å². The van der Waals surface area contributed by atoms with Crippen LogP contribution in [-0.4, -0.2) is 11.7 Å². The van der Waals surface area contributed by atoms with Crippen molar-refractivity contribution >= 4 is 23.5 Å². The highest BCUT2D eigenvalue weighted by atomic mass is 16.1. The van der Waals surface area contributed by atoms with Crippen LogP contribution in [0.2, 0.25) is 0 Å². The van der Waals surface area contributed by atoms with Crippen molar-refractivity contribution < 1.29 is 9.59 Å². The summed E-state index contributed by atoms with van der Waals surface area (Å²) in [7, 11) is 0. The van der Waals surface area contributed by atoms with Crippen LogP contribution in [0.3, 0.4) is 0 Å². The van der Waals surface area contributed by atoms with Crippen LogP contribution in [-0.2, 0) is 5.41 Å². The molecule has 0 aliphatic carbocycles. The predicted molar refractivity (Wildman–Crippen MR) is 119 cm³/mol. The van der Waals surface area contributed by atoms with Gasteiger partial charge in [-0.3, -0.25) is 9.59 Å². The average Bonchev–Trinajstić information content (AvgIpc) is 2.72. The summed E-state index contributed by atoms with van der Waals surface area (Å²) in [4.78, 5) is 24.8. The monoisotopic (exact) mass is 383 g/mol. The van der Waals surface area contributed by atoms with Crippen molar-refractivity contribution in [2.24, 2.45) is 0 Å². The molecule has 146 valence electrons. The number of nitrogens with one attached hydrogen (secondary N) is 1. The summed E-state index contributed by atoms with van der Waals surface area (Å²) in [6.07, 6.45) is 3.37. The van der Waals surface area contributed by atoms with Crippen molar-refractivity contribution in [1.29, 1.82) is 0 Å². The highest BCUT2D eigenvalue weighted by Gasteiger charge is 2.12. The fraction of sp³-hybridized carbons (Fsp3) is 0.154. The fourth-order valence-corrected chi connectivity index (χ4v) is 2.91. The lowest BCUT2D eigenvalue weighted by Crippen LogP contribution is -2.12. The third-order valence-electron chi connectivity index (χ3n) is 4.64. The number of carbonyl (C=O) groups is 2. The van der Waals surface area contributed by atoms with Crippen LogP contribution in [0.1, 0.15) is 52.6 Å². The van der Waals surface area contributed by atoms with E-state index in [0.29, 0.717) is 16.8 Å². The maximum absolute atomic E-state index is 12.6. The lowest BCUT2D eigenvalue weighted by Gasteiger charge is -2.18. The smallest absolute Gasteiger partial charge is 0.255 e. The van der Waals surface area contributed by atoms with Crippen LogP contribution in [0.4, 0.5) is 5.69 Å². The van der Waals surface area contributed by atoms with Gasteiger partial charge in [0.2, 0.25) is 0 Å². The minimum atomic E-state index is -0.204. The average molecular weight is 383 g/mol. The third-order valence-corrected chi connectivity index (χ3v) is 4.64. The maximum Gasteiger partial charge on any atom is 0.255 e. The number of hydrogen-bond acceptors (Lipinski definition) is 2. The second-order valence-corrected chi connectivity index (χ2v) is 7.97. The van der Waals surface area contributed by atoms with E-state index in [0.717, 1.165) is 5.56 Å². The van der Waals surface area contributed by atoms with E-state index in [2.05, 4.69) is 38.2 Å². The predicted octanol–water partition coefficient (Wildman–Crippen LogP) is 6.13. The Kier molecular flexibility index (Phi) is 6.08. The molecule has 0 atom stereocenters. The first-order valence-corrected chi connectivity index (χ1v) is 9.62. The minimum Gasteiger partial charge on any atom is -0.322 e. The SMILES string of the molecule is CC(C)(C)c1ccc(/C=C/C(=O)c2cccc(NC(=O)c3ccccc3)c2)cc1. The van der Waals surface area contributed by atoms with Crippen LogP contribution in [0.5, 0.6) is 0 Å². The number of ketones is 1. The van der Waals surface area contributed by atoms with Gasteiger partial charge in [0.25, 0.3) is 5.91 Å². The molecule has 0 aliphatic rings. The molecule has 0 radical (unpaired) electrons. The molecule has 0 bridgehead atoms. The molecule has 1 N–H and O–H groups in total. The van der Waals surface area contributed by atoms with Crippen molar-refractivity contribution in [3.8, 4) is 0 Å². The van der Waals surface area contributed by atoms with Crippen molar-refractivity contribution in [2.45, 2.75) is 26.2 Å². The summed E-state index contributed by atoms with van der Waals surface area (Å²) in [6.45, 7) is 6.51. The van der Waals surface area contributed by atoms with Gasteiger partial charge in [0.1, 0.15) is 0 Å². The van der Waals surface area contributed by atoms with Gasteiger partial charge in [-0.25, -0.2) is 0 Å². The van der Waals surface area contributed by atoms with Gasteiger partial charge in [0.05, 0.1) is 0 Å². The Morgan fingerprint density at radius 2 is 1.45 bits per heavy atom. The molecule has 29 heavy (non-hydrogen) atoms. The first kappa shape index (κ1) is 20.3. The van der Waals surface area contributed by atoms with Gasteiger partial charge in [0.15, 0.2) is 5.78 Å². The van der Waals surface area contributed by atoms with Crippen LogP contribution >= 0.6 is 0 Å². The molecule has 0 spiro atoms. The molecule has 3 aromatic carbocycles. The quantitative estimate of drug-likeness (QED) is 0.425. The Hall–Kier alpha value is -3.46. The Labute approximate surface area is 172 Å². The van der Waals surface area contributed by atoms with Crippen molar-refractivity contribution in [2.75, 3.05) is 5.32 Å². The second-order valence-electron chi connectivity index (χ2n) is 7.97. The zero-order valence-electron chi connectivity index (χ0n) is 17.0. The van der Waals surface area contributed by atoms with E-state index in [1.165, 1.54) is 5.56 Å². The van der Waals surface area contributed by atoms with Crippen LogP contribution in [0.25, 0.3) is 6.08 Å². The van der Waals surface area contributed by atoms with E-state index in [4.69, 9.17) is 0 Å². The van der Waals surface area contributed by atoms with E-state index >= 15 is 0 Å². The zero-order chi connectivity index (χ0) is 20.9. The third kappa shape index (κ3) is 5.52. The second kappa shape index (κ2) is 8.70. The summed E-state index contributed by atoms with van der Waals surface area (Å²) < 4.78 is 0. The molecule has 0 heterocycles. The summed E-state index contributed by atoms with van der Waals surface area (Å²) in [5.74, 6) is -0.314. The Balaban J connectivity index is 1.69. The number of hydrogen-bond donors (Lipinski definition) is 1. The Bertz CT molecular complexity index is 1030. The first-order chi connectivity index (χ1) is 13.8. The molecule has 3 rings (SSSR count). The molecule has 3 nitrogen and oxygen atoms in total. The number of anilines is 1. The molecule has 3 aromatic rings. The van der Waals surface area contributed by atoms with Crippen molar-refractivity contribution in [3.63, 3.8) is 0 Å². The van der Waals surface area contributed by atoms with Gasteiger partial charge < -0.3 is 5.32 Å². The molecule has 3 heteroatoms. The Morgan fingerprint density at radius 3 is 2.10 bits per heavy atom. The lowest BCUT2D eigenvalue weighted by molar-refractivity contribution is 0.102. The molecular formula is C26H25NO2. The van der Waals surface area contributed by atoms with Gasteiger partial charge in [0, 0.05) is 16.8 Å². The standard InChI is InChI=1S/C26H25NO2/c1-26(2,3)22-15-12-19(13-16-22)14-17-24(28)21-10-7-11-23(18-21)27-25(29)20-8-5-4-6-9-20/h4-18H,1-3H3,(H,27,29)/b17-14+. The zero-order valence-corrected chi connectivity index (χ0v) is 17.0. The molecular weight excluding hydrogens is 358 g/mol. The van der Waals surface area contributed by atoms with Crippen LogP contribution < -0.4 is 5.32 Å². The first-order valence-electron chi connectivity index (χ1n) is 9.62. The molecule has 0 aromatic heterocycles. The van der Waals surface area contributed by atoms with E-state index in [1.54, 1.807) is 42.5 Å². The number of allylic oxidation sites excluding steroid dienone is 1. The molecule has 0 fully saturated rings. The van der Waals surface area contributed by atoms with Crippen molar-refractivity contribution in [1.82, 2.24) is 0 Å². The summed E-state index contributed by atoms with van der Waals surface area (Å²) >= 11 is 0. The summed E-state index contributed by atoms with van der Waals surface area (Å²) in [5.41, 5.74) is 4.01. The Morgan fingerprint density at radius 1 is 0.793 bits per heavy atom. The van der Waals surface area contributed by atoms with Crippen molar-refractivity contribution in [3.05, 3.63) is 107 Å². The number of rotatable bonds is 5. The molecule has 0 unspecified atom stereocenters. The van der Waals surface area contributed by atoms with Gasteiger partial charge in [-0.1, -0.05) is 81.4 Å². The van der Waals surface area contributed by atoms with Gasteiger partial charge in [-0.2, -0.15) is 0 Å². The minimum absolute atomic E-state index is 0.0999. The summed E-state index contributed by atoms with van der Waals surface area (Å²) in [5, 5.41) is 2.83. The molecule has 0 saturated carbocycles. The fourth-order valence-electron chi connectivity index (χ4n) is 2.91.